The molecule has 1 aliphatic carbocycles. The lowest BCUT2D eigenvalue weighted by Gasteiger charge is -2.31. The van der Waals surface area contributed by atoms with Crippen LogP contribution < -0.4 is 11.5 Å². The molecule has 1 aromatic rings. The Balaban J connectivity index is 2.16. The SMILES string of the molecule is Cc1ccnc(N)c1C(N)C1CCC(C)CC1. The lowest BCUT2D eigenvalue weighted by molar-refractivity contribution is 0.256. The third kappa shape index (κ3) is 2.60. The molecule has 0 spiro atoms. The van der Waals surface area contributed by atoms with Crippen LogP contribution in [-0.4, -0.2) is 4.98 Å². The molecule has 1 unspecified atom stereocenters. The molecular formula is C14H23N3. The van der Waals surface area contributed by atoms with Crippen LogP contribution in [0.4, 0.5) is 5.82 Å². The number of aryl methyl sites for hydroxylation is 1. The van der Waals surface area contributed by atoms with Gasteiger partial charge < -0.3 is 11.5 Å². The molecule has 4 N–H and O–H groups in total. The first-order chi connectivity index (χ1) is 8.09. The summed E-state index contributed by atoms with van der Waals surface area (Å²) in [6.45, 7) is 4.39. The van der Waals surface area contributed by atoms with Crippen molar-refractivity contribution >= 4 is 5.82 Å². The Morgan fingerprint density at radius 2 is 1.94 bits per heavy atom. The minimum absolute atomic E-state index is 0.0520. The van der Waals surface area contributed by atoms with Gasteiger partial charge in [0.25, 0.3) is 0 Å². The van der Waals surface area contributed by atoms with E-state index in [0.717, 1.165) is 11.5 Å². The van der Waals surface area contributed by atoms with Gasteiger partial charge in [0, 0.05) is 17.8 Å². The normalized spacial score (nSPS) is 26.8. The Bertz CT molecular complexity index is 361. The average molecular weight is 233 g/mol. The Kier molecular flexibility index (Phi) is 3.67. The summed E-state index contributed by atoms with van der Waals surface area (Å²) in [7, 11) is 0. The van der Waals surface area contributed by atoms with Crippen molar-refractivity contribution in [3.63, 3.8) is 0 Å². The van der Waals surface area contributed by atoms with Gasteiger partial charge in [-0.15, -0.1) is 0 Å². The second-order valence-electron chi connectivity index (χ2n) is 5.47. The molecule has 0 aromatic carbocycles. The smallest absolute Gasteiger partial charge is 0.128 e. The summed E-state index contributed by atoms with van der Waals surface area (Å²) in [6.07, 6.45) is 6.77. The van der Waals surface area contributed by atoms with E-state index in [-0.39, 0.29) is 6.04 Å². The summed E-state index contributed by atoms with van der Waals surface area (Å²) in [5.74, 6) is 2.03. The number of hydrogen-bond acceptors (Lipinski definition) is 3. The zero-order valence-electron chi connectivity index (χ0n) is 10.8. The van der Waals surface area contributed by atoms with E-state index in [1.54, 1.807) is 6.20 Å². The third-order valence-corrected chi connectivity index (χ3v) is 4.14. The van der Waals surface area contributed by atoms with Crippen LogP contribution in [0.5, 0.6) is 0 Å². The highest BCUT2D eigenvalue weighted by atomic mass is 14.8. The summed E-state index contributed by atoms with van der Waals surface area (Å²) in [4.78, 5) is 4.17. The molecule has 3 heteroatoms. The lowest BCUT2D eigenvalue weighted by Crippen LogP contribution is -2.27. The van der Waals surface area contributed by atoms with Crippen molar-refractivity contribution in [2.24, 2.45) is 17.6 Å². The summed E-state index contributed by atoms with van der Waals surface area (Å²) in [5, 5.41) is 0. The molecular weight excluding hydrogens is 210 g/mol. The van der Waals surface area contributed by atoms with Crippen molar-refractivity contribution < 1.29 is 0 Å². The maximum atomic E-state index is 6.40. The molecule has 0 saturated heterocycles. The maximum Gasteiger partial charge on any atom is 0.128 e. The van der Waals surface area contributed by atoms with Crippen molar-refractivity contribution in [1.29, 1.82) is 0 Å². The van der Waals surface area contributed by atoms with Gasteiger partial charge >= 0.3 is 0 Å². The number of rotatable bonds is 2. The number of aromatic nitrogens is 1. The third-order valence-electron chi connectivity index (χ3n) is 4.14. The van der Waals surface area contributed by atoms with Crippen molar-refractivity contribution in [2.75, 3.05) is 5.73 Å². The van der Waals surface area contributed by atoms with E-state index in [0.29, 0.717) is 11.7 Å². The van der Waals surface area contributed by atoms with E-state index < -0.39 is 0 Å². The summed E-state index contributed by atoms with van der Waals surface area (Å²) >= 11 is 0. The van der Waals surface area contributed by atoms with Gasteiger partial charge in [-0.2, -0.15) is 0 Å². The first kappa shape index (κ1) is 12.4. The van der Waals surface area contributed by atoms with Gasteiger partial charge in [0.15, 0.2) is 0 Å². The fraction of sp³-hybridized carbons (Fsp3) is 0.643. The van der Waals surface area contributed by atoms with Crippen LogP contribution in [0.15, 0.2) is 12.3 Å². The summed E-state index contributed by atoms with van der Waals surface area (Å²) < 4.78 is 0. The molecule has 1 aliphatic rings. The van der Waals surface area contributed by atoms with Crippen molar-refractivity contribution in [1.82, 2.24) is 4.98 Å². The van der Waals surface area contributed by atoms with Crippen molar-refractivity contribution in [2.45, 2.75) is 45.6 Å². The number of nitrogens with two attached hydrogens (primary N) is 2. The second-order valence-corrected chi connectivity index (χ2v) is 5.47. The largest absolute Gasteiger partial charge is 0.383 e. The molecule has 1 fully saturated rings. The molecule has 94 valence electrons. The van der Waals surface area contributed by atoms with Crippen molar-refractivity contribution in [3.8, 4) is 0 Å². The number of anilines is 1. The molecule has 1 heterocycles. The molecule has 1 aromatic heterocycles. The van der Waals surface area contributed by atoms with Crippen molar-refractivity contribution in [3.05, 3.63) is 23.4 Å². The van der Waals surface area contributed by atoms with Gasteiger partial charge in [-0.05, 0) is 43.2 Å². The highest BCUT2D eigenvalue weighted by Gasteiger charge is 2.26. The number of pyridine rings is 1. The van der Waals surface area contributed by atoms with E-state index in [2.05, 4.69) is 18.8 Å². The number of nitrogens with zero attached hydrogens (tertiary/aromatic N) is 1. The van der Waals surface area contributed by atoms with Crippen LogP contribution in [-0.2, 0) is 0 Å². The molecule has 1 atom stereocenters. The van der Waals surface area contributed by atoms with Crippen LogP contribution in [0.3, 0.4) is 0 Å². The highest BCUT2D eigenvalue weighted by molar-refractivity contribution is 5.46. The topological polar surface area (TPSA) is 64.9 Å². The van der Waals surface area contributed by atoms with Crippen LogP contribution in [0, 0.1) is 18.8 Å². The van der Waals surface area contributed by atoms with Gasteiger partial charge in [0.05, 0.1) is 0 Å². The Labute approximate surface area is 104 Å². The Morgan fingerprint density at radius 1 is 1.29 bits per heavy atom. The lowest BCUT2D eigenvalue weighted by atomic mass is 9.77. The van der Waals surface area contributed by atoms with Gasteiger partial charge in [-0.3, -0.25) is 0 Å². The molecule has 3 nitrogen and oxygen atoms in total. The van der Waals surface area contributed by atoms with Crippen LogP contribution in [0.25, 0.3) is 0 Å². The molecule has 0 amide bonds. The fourth-order valence-electron chi connectivity index (χ4n) is 2.91. The summed E-state index contributed by atoms with van der Waals surface area (Å²) in [6, 6.07) is 2.05. The second kappa shape index (κ2) is 5.05. The standard InChI is InChI=1S/C14H23N3/c1-9-3-5-11(6-4-9)13(15)12-10(2)7-8-17-14(12)16/h7-9,11,13H,3-6,15H2,1-2H3,(H2,16,17). The van der Waals surface area contributed by atoms with Crippen LogP contribution >= 0.6 is 0 Å². The van der Waals surface area contributed by atoms with Gasteiger partial charge in [-0.25, -0.2) is 4.98 Å². The number of nitrogen functional groups attached to an aromatic ring is 1. The molecule has 1 saturated carbocycles. The van der Waals surface area contributed by atoms with Gasteiger partial charge in [-0.1, -0.05) is 19.8 Å². The van der Waals surface area contributed by atoms with Crippen LogP contribution in [0.1, 0.15) is 49.8 Å². The molecule has 2 rings (SSSR count). The zero-order valence-corrected chi connectivity index (χ0v) is 10.8. The molecule has 0 bridgehead atoms. The monoisotopic (exact) mass is 233 g/mol. The zero-order chi connectivity index (χ0) is 12.4. The van der Waals surface area contributed by atoms with Gasteiger partial charge in [0.2, 0.25) is 0 Å². The fourth-order valence-corrected chi connectivity index (χ4v) is 2.91. The minimum Gasteiger partial charge on any atom is -0.383 e. The molecule has 17 heavy (non-hydrogen) atoms. The Morgan fingerprint density at radius 3 is 2.53 bits per heavy atom. The minimum atomic E-state index is 0.0520. The Hall–Kier alpha value is -1.09. The van der Waals surface area contributed by atoms with E-state index in [1.165, 1.54) is 31.2 Å². The summed E-state index contributed by atoms with van der Waals surface area (Å²) in [5.41, 5.74) is 14.6. The molecule has 0 radical (unpaired) electrons. The van der Waals surface area contributed by atoms with E-state index in [1.807, 2.05) is 6.07 Å². The number of hydrogen-bond donors (Lipinski definition) is 2. The quantitative estimate of drug-likeness (QED) is 0.825. The van der Waals surface area contributed by atoms with E-state index >= 15 is 0 Å². The average Bonchev–Trinajstić information content (AvgIpc) is 2.29. The first-order valence-corrected chi connectivity index (χ1v) is 6.56. The van der Waals surface area contributed by atoms with Crippen LogP contribution in [0.2, 0.25) is 0 Å². The predicted octanol–water partition coefficient (Wildman–Crippen LogP) is 2.80. The highest BCUT2D eigenvalue weighted by Crippen LogP contribution is 2.37. The van der Waals surface area contributed by atoms with E-state index in [9.17, 15) is 0 Å². The van der Waals surface area contributed by atoms with Gasteiger partial charge in [0.1, 0.15) is 5.82 Å². The molecule has 0 aliphatic heterocycles. The van der Waals surface area contributed by atoms with E-state index in [4.69, 9.17) is 11.5 Å². The first-order valence-electron chi connectivity index (χ1n) is 6.56. The maximum absolute atomic E-state index is 6.40. The predicted molar refractivity (Wildman–Crippen MR) is 71.4 cm³/mol.